The second-order valence-corrected chi connectivity index (χ2v) is 10.1. The summed E-state index contributed by atoms with van der Waals surface area (Å²) in [5.41, 5.74) is 4.99. The molecule has 5 aromatic rings. The molecule has 0 radical (unpaired) electrons. The first-order valence-electron chi connectivity index (χ1n) is 13.2. The van der Waals surface area contributed by atoms with Gasteiger partial charge in [0.25, 0.3) is 0 Å². The highest BCUT2D eigenvalue weighted by Gasteiger charge is 2.26. The fourth-order valence-corrected chi connectivity index (χ4v) is 5.20. The highest BCUT2D eigenvalue weighted by atomic mass is 19.1. The van der Waals surface area contributed by atoms with Gasteiger partial charge in [0, 0.05) is 25.1 Å². The zero-order valence-electron chi connectivity index (χ0n) is 22.0. The van der Waals surface area contributed by atoms with E-state index in [4.69, 9.17) is 10.1 Å². The second kappa shape index (κ2) is 10.4. The summed E-state index contributed by atoms with van der Waals surface area (Å²) in [6.45, 7) is 4.62. The quantitative estimate of drug-likeness (QED) is 0.335. The fourth-order valence-electron chi connectivity index (χ4n) is 5.20. The van der Waals surface area contributed by atoms with Gasteiger partial charge in [0.15, 0.2) is 11.5 Å². The first-order valence-corrected chi connectivity index (χ1v) is 13.2. The number of aromatic nitrogens is 5. The smallest absolute Gasteiger partial charge is 0.228 e. The van der Waals surface area contributed by atoms with Gasteiger partial charge in [-0.25, -0.2) is 18.9 Å². The van der Waals surface area contributed by atoms with Crippen LogP contribution in [0.25, 0.3) is 28.3 Å². The minimum Gasteiger partial charge on any atom is -0.330 e. The zero-order chi connectivity index (χ0) is 26.9. The number of hydrogen-bond donors (Lipinski definition) is 1. The van der Waals surface area contributed by atoms with Crippen LogP contribution in [0.1, 0.15) is 24.2 Å². The largest absolute Gasteiger partial charge is 0.330 e. The van der Waals surface area contributed by atoms with Gasteiger partial charge in [0.05, 0.1) is 17.6 Å². The number of carbonyl (C=O) groups excluding carboxylic acids is 1. The summed E-state index contributed by atoms with van der Waals surface area (Å²) in [4.78, 5) is 24.7. The molecule has 4 heterocycles. The third kappa shape index (κ3) is 5.18. The summed E-state index contributed by atoms with van der Waals surface area (Å²) in [6, 6.07) is 20.5. The number of benzene rings is 2. The molecule has 0 aliphatic carbocycles. The lowest BCUT2D eigenvalue weighted by atomic mass is 9.95. The van der Waals surface area contributed by atoms with Crippen LogP contribution in [0.4, 0.5) is 10.2 Å². The highest BCUT2D eigenvalue weighted by molar-refractivity contribution is 5.92. The molecule has 0 atom stereocenters. The Balaban J connectivity index is 1.16. The van der Waals surface area contributed by atoms with E-state index < -0.39 is 0 Å². The molecule has 1 amide bonds. The normalized spacial score (nSPS) is 14.6. The number of nitrogens with one attached hydrogen (secondary N) is 1. The van der Waals surface area contributed by atoms with E-state index in [2.05, 4.69) is 39.5 Å². The van der Waals surface area contributed by atoms with Gasteiger partial charge in [0.2, 0.25) is 5.91 Å². The van der Waals surface area contributed by atoms with E-state index in [1.54, 1.807) is 22.8 Å². The van der Waals surface area contributed by atoms with Gasteiger partial charge >= 0.3 is 0 Å². The van der Waals surface area contributed by atoms with Crippen LogP contribution in [0.15, 0.2) is 72.9 Å². The van der Waals surface area contributed by atoms with Crippen LogP contribution in [-0.4, -0.2) is 48.0 Å². The molecule has 1 fully saturated rings. The average molecular weight is 524 g/mol. The van der Waals surface area contributed by atoms with Crippen molar-refractivity contribution in [1.82, 2.24) is 29.0 Å². The van der Waals surface area contributed by atoms with Crippen LogP contribution < -0.4 is 5.32 Å². The Morgan fingerprint density at radius 3 is 2.49 bits per heavy atom. The van der Waals surface area contributed by atoms with Crippen molar-refractivity contribution in [3.63, 3.8) is 0 Å². The van der Waals surface area contributed by atoms with Gasteiger partial charge in [-0.2, -0.15) is 5.10 Å². The van der Waals surface area contributed by atoms with Crippen LogP contribution in [0.3, 0.4) is 0 Å². The number of fused-ring (bicyclic) bond motifs is 1. The van der Waals surface area contributed by atoms with Crippen LogP contribution in [0.2, 0.25) is 0 Å². The monoisotopic (exact) mass is 523 g/mol. The molecule has 1 aliphatic heterocycles. The number of imidazole rings is 2. The predicted octanol–water partition coefficient (Wildman–Crippen LogP) is 5.10. The van der Waals surface area contributed by atoms with Crippen molar-refractivity contribution in [2.45, 2.75) is 26.3 Å². The number of likely N-dealkylation sites (tertiary alicyclic amines) is 1. The lowest BCUT2D eigenvalue weighted by molar-refractivity contribution is -0.121. The first kappa shape index (κ1) is 24.9. The molecule has 1 aliphatic rings. The van der Waals surface area contributed by atoms with E-state index in [9.17, 15) is 9.18 Å². The summed E-state index contributed by atoms with van der Waals surface area (Å²) in [5.74, 6) is 0.967. The third-order valence-corrected chi connectivity index (χ3v) is 7.46. The molecule has 0 bridgehead atoms. The molecule has 9 heteroatoms. The van der Waals surface area contributed by atoms with Crippen LogP contribution in [0, 0.1) is 18.7 Å². The molecule has 6 rings (SSSR count). The third-order valence-electron chi connectivity index (χ3n) is 7.46. The van der Waals surface area contributed by atoms with E-state index in [0.29, 0.717) is 17.2 Å². The van der Waals surface area contributed by atoms with Crippen molar-refractivity contribution < 1.29 is 9.18 Å². The zero-order valence-corrected chi connectivity index (χ0v) is 22.0. The van der Waals surface area contributed by atoms with Crippen LogP contribution >= 0.6 is 0 Å². The fraction of sp³-hybridized carbons (Fsp3) is 0.267. The number of rotatable bonds is 6. The molecule has 8 nitrogen and oxygen atoms in total. The van der Waals surface area contributed by atoms with Gasteiger partial charge in [-0.15, -0.1) is 0 Å². The Morgan fingerprint density at radius 1 is 1.00 bits per heavy atom. The molecule has 0 spiro atoms. The van der Waals surface area contributed by atoms with Crippen molar-refractivity contribution in [3.05, 3.63) is 90.1 Å². The van der Waals surface area contributed by atoms with Crippen molar-refractivity contribution in [1.29, 1.82) is 0 Å². The standard InChI is InChI=1S/C30H30FN7O/c1-20-32-28(22-8-10-24(31)11-9-22)29(36(20)2)25-12-13-27-33-26(19-38(27)35-25)34-30(39)23-14-16-37(17-15-23)18-21-6-4-3-5-7-21/h3-13,19,23H,14-18H2,1-2H3,(H,34,39). The summed E-state index contributed by atoms with van der Waals surface area (Å²) in [6.07, 6.45) is 3.38. The first-order chi connectivity index (χ1) is 18.9. The van der Waals surface area contributed by atoms with Gasteiger partial charge in [-0.05, 0) is 74.8 Å². The molecule has 2 aromatic carbocycles. The van der Waals surface area contributed by atoms with Crippen LogP contribution in [0.5, 0.6) is 0 Å². The summed E-state index contributed by atoms with van der Waals surface area (Å²) in [5, 5.41) is 7.78. The maximum atomic E-state index is 13.5. The maximum absolute atomic E-state index is 13.5. The van der Waals surface area contributed by atoms with E-state index in [1.165, 1.54) is 17.7 Å². The minimum absolute atomic E-state index is 0.00107. The van der Waals surface area contributed by atoms with Gasteiger partial charge in [0.1, 0.15) is 17.3 Å². The Hall–Kier alpha value is -4.37. The topological polar surface area (TPSA) is 80.3 Å². The molecular formula is C30H30FN7O. The number of aryl methyl sites for hydroxylation is 1. The molecule has 39 heavy (non-hydrogen) atoms. The molecule has 0 unspecified atom stereocenters. The predicted molar refractivity (Wildman–Crippen MR) is 148 cm³/mol. The summed E-state index contributed by atoms with van der Waals surface area (Å²) in [7, 11) is 1.93. The lowest BCUT2D eigenvalue weighted by Crippen LogP contribution is -2.37. The molecular weight excluding hydrogens is 493 g/mol. The van der Waals surface area contributed by atoms with Crippen molar-refractivity contribution in [3.8, 4) is 22.6 Å². The molecule has 1 N–H and O–H groups in total. The Kier molecular flexibility index (Phi) is 6.66. The van der Waals surface area contributed by atoms with Crippen LogP contribution in [-0.2, 0) is 18.4 Å². The Bertz CT molecular complexity index is 1620. The number of anilines is 1. The summed E-state index contributed by atoms with van der Waals surface area (Å²) >= 11 is 0. The van der Waals surface area contributed by atoms with E-state index in [-0.39, 0.29) is 17.6 Å². The highest BCUT2D eigenvalue weighted by Crippen LogP contribution is 2.31. The Morgan fingerprint density at radius 2 is 1.74 bits per heavy atom. The SMILES string of the molecule is Cc1nc(-c2ccc(F)cc2)c(-c2ccc3nc(NC(=O)C4CCN(Cc5ccccc5)CC4)cn3n2)n1C. The molecule has 3 aromatic heterocycles. The van der Waals surface area contributed by atoms with Gasteiger partial charge in [-0.1, -0.05) is 30.3 Å². The number of piperidine rings is 1. The minimum atomic E-state index is -0.293. The Labute approximate surface area is 226 Å². The van der Waals surface area contributed by atoms with E-state index in [0.717, 1.165) is 55.3 Å². The van der Waals surface area contributed by atoms with Crippen molar-refractivity contribution in [2.24, 2.45) is 13.0 Å². The van der Waals surface area contributed by atoms with E-state index >= 15 is 0 Å². The lowest BCUT2D eigenvalue weighted by Gasteiger charge is -2.31. The number of carbonyl (C=O) groups is 1. The number of halogens is 1. The molecule has 0 saturated carbocycles. The number of amides is 1. The van der Waals surface area contributed by atoms with Gasteiger partial charge < -0.3 is 9.88 Å². The summed E-state index contributed by atoms with van der Waals surface area (Å²) < 4.78 is 17.2. The molecule has 1 saturated heterocycles. The average Bonchev–Trinajstić information content (AvgIpc) is 3.48. The number of hydrogen-bond acceptors (Lipinski definition) is 5. The maximum Gasteiger partial charge on any atom is 0.228 e. The number of nitrogens with zero attached hydrogens (tertiary/aromatic N) is 6. The van der Waals surface area contributed by atoms with E-state index in [1.807, 2.05) is 36.7 Å². The van der Waals surface area contributed by atoms with Crippen molar-refractivity contribution in [2.75, 3.05) is 18.4 Å². The van der Waals surface area contributed by atoms with Gasteiger partial charge in [-0.3, -0.25) is 9.69 Å². The molecule has 198 valence electrons. The van der Waals surface area contributed by atoms with Crippen molar-refractivity contribution >= 4 is 17.4 Å². The second-order valence-electron chi connectivity index (χ2n) is 10.1.